The molecule has 0 amide bonds. The number of rotatable bonds is 5. The lowest BCUT2D eigenvalue weighted by Gasteiger charge is -2.35. The number of esters is 1. The lowest BCUT2D eigenvalue weighted by atomic mass is 10.2. The molecule has 1 unspecified atom stereocenters. The fourth-order valence-electron chi connectivity index (χ4n) is 2.04. The lowest BCUT2D eigenvalue weighted by molar-refractivity contribution is -0.140. The third-order valence-electron chi connectivity index (χ3n) is 4.81. The largest absolute Gasteiger partial charge is 0.546 e. The molecule has 1 aliphatic carbocycles. The normalized spacial score (nSPS) is 17.8. The van der Waals surface area contributed by atoms with Crippen molar-refractivity contribution in [3.63, 3.8) is 0 Å². The van der Waals surface area contributed by atoms with Gasteiger partial charge in [0.1, 0.15) is 6.61 Å². The Morgan fingerprint density at radius 2 is 1.75 bits per heavy atom. The number of ether oxygens (including phenoxy) is 1. The van der Waals surface area contributed by atoms with E-state index in [2.05, 4.69) is 33.9 Å². The predicted octanol–water partition coefficient (Wildman–Crippen LogP) is 5.96. The highest BCUT2D eigenvalue weighted by Gasteiger charge is 2.47. The summed E-state index contributed by atoms with van der Waals surface area (Å²) in [5.74, 6) is 0.442. The topological polar surface area (TPSA) is 35.5 Å². The van der Waals surface area contributed by atoms with E-state index in [9.17, 15) is 4.79 Å². The highest BCUT2D eigenvalue weighted by Crippen LogP contribution is 2.47. The third-order valence-corrected chi connectivity index (χ3v) is 9.86. The number of benzene rings is 1. The summed E-state index contributed by atoms with van der Waals surface area (Å²) in [7, 11) is -1.95. The van der Waals surface area contributed by atoms with E-state index in [0.29, 0.717) is 21.2 Å². The first-order valence-electron chi connectivity index (χ1n) is 7.99. The monoisotopic (exact) mass is 386 g/mol. The molecule has 0 spiro atoms. The van der Waals surface area contributed by atoms with Crippen LogP contribution in [-0.2, 0) is 20.6 Å². The second-order valence-corrected chi connectivity index (χ2v) is 13.2. The predicted molar refractivity (Wildman–Crippen MR) is 101 cm³/mol. The molecule has 0 bridgehead atoms. The zero-order valence-electron chi connectivity index (χ0n) is 15.0. The smallest absolute Gasteiger partial charge is 0.338 e. The van der Waals surface area contributed by atoms with Crippen molar-refractivity contribution in [2.75, 3.05) is 0 Å². The second kappa shape index (κ2) is 6.73. The summed E-state index contributed by atoms with van der Waals surface area (Å²) in [6, 6.07) is 5.20. The van der Waals surface area contributed by atoms with Crippen LogP contribution < -0.4 is 0 Å². The van der Waals surface area contributed by atoms with Gasteiger partial charge in [0.25, 0.3) is 0 Å². The van der Waals surface area contributed by atoms with Crippen LogP contribution in [-0.4, -0.2) is 14.3 Å². The van der Waals surface area contributed by atoms with Crippen LogP contribution in [0.2, 0.25) is 28.2 Å². The highest BCUT2D eigenvalue weighted by atomic mass is 35.5. The van der Waals surface area contributed by atoms with Gasteiger partial charge in [-0.3, -0.25) is 0 Å². The van der Waals surface area contributed by atoms with Crippen molar-refractivity contribution in [1.82, 2.24) is 0 Å². The quantitative estimate of drug-likeness (QED) is 0.462. The number of carbonyl (C=O) groups excluding carboxylic acids is 1. The Balaban J connectivity index is 2.04. The molecule has 3 nitrogen and oxygen atoms in total. The Labute approximate surface area is 155 Å². The van der Waals surface area contributed by atoms with Crippen LogP contribution in [0, 0.1) is 5.92 Å². The van der Waals surface area contributed by atoms with Gasteiger partial charge in [-0.25, -0.2) is 4.79 Å². The van der Waals surface area contributed by atoms with E-state index in [1.807, 2.05) is 6.92 Å². The lowest BCUT2D eigenvalue weighted by Crippen LogP contribution is -2.39. The van der Waals surface area contributed by atoms with Gasteiger partial charge in [0.15, 0.2) is 0 Å². The molecule has 1 aromatic carbocycles. The van der Waals surface area contributed by atoms with Gasteiger partial charge in [0.2, 0.25) is 8.32 Å². The van der Waals surface area contributed by atoms with Gasteiger partial charge in [0.05, 0.1) is 11.3 Å². The fraction of sp³-hybridized carbons (Fsp3) is 0.500. The zero-order valence-corrected chi connectivity index (χ0v) is 17.5. The summed E-state index contributed by atoms with van der Waals surface area (Å²) in [5.41, 5.74) is 1.25. The number of hydrogen-bond acceptors (Lipinski definition) is 3. The van der Waals surface area contributed by atoms with Crippen LogP contribution in [0.3, 0.4) is 0 Å². The van der Waals surface area contributed by atoms with Gasteiger partial charge in [-0.2, -0.15) is 0 Å². The maximum atomic E-state index is 12.3. The van der Waals surface area contributed by atoms with E-state index in [1.54, 1.807) is 18.2 Å². The van der Waals surface area contributed by atoms with Crippen molar-refractivity contribution in [3.8, 4) is 0 Å². The number of hydrogen-bond donors (Lipinski definition) is 0. The fourth-order valence-corrected chi connectivity index (χ4v) is 3.69. The summed E-state index contributed by atoms with van der Waals surface area (Å²) in [6.07, 6.45) is 0. The number of halogens is 2. The Bertz CT molecular complexity index is 670. The summed E-state index contributed by atoms with van der Waals surface area (Å²) in [5, 5.41) is 1.07. The SMILES string of the molecule is CC1C(O[Si](C)(C)C(C)(C)C)=C1C(=O)OCc1c(Cl)cccc1Cl. The molecule has 0 saturated carbocycles. The molecule has 0 aromatic heterocycles. The van der Waals surface area contributed by atoms with E-state index in [1.165, 1.54) is 0 Å². The summed E-state index contributed by atoms with van der Waals surface area (Å²) in [4.78, 5) is 12.3. The van der Waals surface area contributed by atoms with Crippen molar-refractivity contribution in [2.45, 2.75) is 52.4 Å². The Morgan fingerprint density at radius 1 is 1.21 bits per heavy atom. The van der Waals surface area contributed by atoms with Crippen LogP contribution in [0.5, 0.6) is 0 Å². The molecular formula is C18H24Cl2O3Si. The van der Waals surface area contributed by atoms with Gasteiger partial charge in [-0.15, -0.1) is 0 Å². The van der Waals surface area contributed by atoms with E-state index in [-0.39, 0.29) is 23.5 Å². The molecule has 0 fully saturated rings. The molecule has 0 radical (unpaired) electrons. The maximum Gasteiger partial charge on any atom is 0.338 e. The average molecular weight is 387 g/mol. The molecule has 6 heteroatoms. The summed E-state index contributed by atoms with van der Waals surface area (Å²) < 4.78 is 11.6. The van der Waals surface area contributed by atoms with Crippen molar-refractivity contribution in [2.24, 2.45) is 5.92 Å². The minimum Gasteiger partial charge on any atom is -0.546 e. The van der Waals surface area contributed by atoms with E-state index < -0.39 is 8.32 Å². The second-order valence-electron chi connectivity index (χ2n) is 7.64. The molecule has 0 saturated heterocycles. The van der Waals surface area contributed by atoms with Crippen molar-refractivity contribution >= 4 is 37.5 Å². The molecule has 2 rings (SSSR count). The molecular weight excluding hydrogens is 363 g/mol. The molecule has 1 atom stereocenters. The van der Waals surface area contributed by atoms with Gasteiger partial charge in [-0.05, 0) is 30.3 Å². The van der Waals surface area contributed by atoms with Crippen LogP contribution in [0.4, 0.5) is 0 Å². The first kappa shape index (κ1) is 19.4. The van der Waals surface area contributed by atoms with E-state index >= 15 is 0 Å². The molecule has 0 aliphatic heterocycles. The van der Waals surface area contributed by atoms with Gasteiger partial charge < -0.3 is 9.16 Å². The van der Waals surface area contributed by atoms with Gasteiger partial charge >= 0.3 is 5.97 Å². The first-order chi connectivity index (χ1) is 11.0. The van der Waals surface area contributed by atoms with Crippen LogP contribution in [0.1, 0.15) is 33.3 Å². The molecule has 132 valence electrons. The van der Waals surface area contributed by atoms with Crippen LogP contribution in [0.15, 0.2) is 29.5 Å². The third kappa shape index (κ3) is 3.98. The van der Waals surface area contributed by atoms with Crippen molar-refractivity contribution in [1.29, 1.82) is 0 Å². The number of carbonyl (C=O) groups is 1. The number of allylic oxidation sites excluding steroid dienone is 1. The molecule has 0 N–H and O–H groups in total. The Kier molecular flexibility index (Phi) is 5.43. The zero-order chi connectivity index (χ0) is 18.3. The summed E-state index contributed by atoms with van der Waals surface area (Å²) >= 11 is 12.2. The highest BCUT2D eigenvalue weighted by molar-refractivity contribution is 6.74. The van der Waals surface area contributed by atoms with Crippen molar-refractivity contribution in [3.05, 3.63) is 45.1 Å². The molecule has 0 heterocycles. The van der Waals surface area contributed by atoms with E-state index in [4.69, 9.17) is 32.4 Å². The molecule has 24 heavy (non-hydrogen) atoms. The average Bonchev–Trinajstić information content (AvgIpc) is 3.05. The first-order valence-corrected chi connectivity index (χ1v) is 11.6. The minimum absolute atomic E-state index is 0.0216. The Hall–Kier alpha value is -0.973. The summed E-state index contributed by atoms with van der Waals surface area (Å²) in [6.45, 7) is 12.9. The standard InChI is InChI=1S/C18H24Cl2O3Si/c1-11-15(16(11)23-24(5,6)18(2,3)4)17(21)22-10-12-13(19)8-7-9-14(12)20/h7-9,11H,10H2,1-6H3. The van der Waals surface area contributed by atoms with Crippen LogP contribution in [0.25, 0.3) is 0 Å². The van der Waals surface area contributed by atoms with Crippen LogP contribution >= 0.6 is 23.2 Å². The van der Waals surface area contributed by atoms with Crippen molar-refractivity contribution < 1.29 is 14.0 Å². The van der Waals surface area contributed by atoms with Gasteiger partial charge in [-0.1, -0.05) is 57.0 Å². The minimum atomic E-state index is -1.95. The van der Waals surface area contributed by atoms with E-state index in [0.717, 1.165) is 5.76 Å². The Morgan fingerprint density at radius 3 is 2.25 bits per heavy atom. The molecule has 1 aromatic rings. The maximum absolute atomic E-state index is 12.3. The molecule has 1 aliphatic rings. The van der Waals surface area contributed by atoms with Gasteiger partial charge in [0, 0.05) is 21.5 Å².